The van der Waals surface area contributed by atoms with Gasteiger partial charge < -0.3 is 21.4 Å². The van der Waals surface area contributed by atoms with Gasteiger partial charge in [0.25, 0.3) is 0 Å². The average Bonchev–Trinajstić information content (AvgIpc) is 1.80. The standard InChI is InChI=1S/C3H8NO6P.K.H/c5-1-2(3(6)7)4-11(8,9)10;;/h2,5H,1H2,(H,6,7)(H3,4,8,9,10);;/q;+1;-1. The van der Waals surface area contributed by atoms with Crippen molar-refractivity contribution in [3.8, 4) is 0 Å². The second-order valence-corrected chi connectivity index (χ2v) is 3.09. The number of hydrogen-bond acceptors (Lipinski definition) is 3. The van der Waals surface area contributed by atoms with E-state index in [2.05, 4.69) is 0 Å². The monoisotopic (exact) mass is 225 g/mol. The molecule has 0 aromatic rings. The van der Waals surface area contributed by atoms with E-state index >= 15 is 0 Å². The van der Waals surface area contributed by atoms with Gasteiger partial charge in [-0.3, -0.25) is 4.79 Å². The second-order valence-electron chi connectivity index (χ2n) is 1.75. The summed E-state index contributed by atoms with van der Waals surface area (Å²) in [5.74, 6) is -1.52. The fourth-order valence-electron chi connectivity index (χ4n) is 0.377. The summed E-state index contributed by atoms with van der Waals surface area (Å²) in [4.78, 5) is 26.4. The molecule has 0 saturated carbocycles. The topological polar surface area (TPSA) is 127 Å². The predicted molar refractivity (Wildman–Crippen MR) is 34.8 cm³/mol. The Morgan fingerprint density at radius 2 is 2.00 bits per heavy atom. The quantitative estimate of drug-likeness (QED) is 0.240. The van der Waals surface area contributed by atoms with E-state index in [4.69, 9.17) is 20.0 Å². The van der Waals surface area contributed by atoms with Gasteiger partial charge in [-0.05, 0) is 0 Å². The first-order valence-electron chi connectivity index (χ1n) is 2.54. The molecule has 9 heteroatoms. The number of aliphatic carboxylic acids is 1. The minimum absolute atomic E-state index is 0. The minimum atomic E-state index is -4.58. The third-order valence-electron chi connectivity index (χ3n) is 0.805. The summed E-state index contributed by atoms with van der Waals surface area (Å²) in [5.41, 5.74) is 0. The van der Waals surface area contributed by atoms with Crippen molar-refractivity contribution in [2.45, 2.75) is 6.04 Å². The summed E-state index contributed by atoms with van der Waals surface area (Å²) in [6, 6.07) is -1.63. The summed E-state index contributed by atoms with van der Waals surface area (Å²) in [6.07, 6.45) is 0. The van der Waals surface area contributed by atoms with Crippen LogP contribution < -0.4 is 56.5 Å². The van der Waals surface area contributed by atoms with E-state index < -0.39 is 26.4 Å². The average molecular weight is 225 g/mol. The summed E-state index contributed by atoms with van der Waals surface area (Å²) in [7, 11) is -4.58. The van der Waals surface area contributed by atoms with Crippen LogP contribution in [-0.4, -0.2) is 38.6 Å². The molecule has 12 heavy (non-hydrogen) atoms. The summed E-state index contributed by atoms with van der Waals surface area (Å²) >= 11 is 0. The van der Waals surface area contributed by atoms with Crippen LogP contribution in [0, 0.1) is 0 Å². The molecule has 0 heterocycles. The van der Waals surface area contributed by atoms with Crippen molar-refractivity contribution in [2.75, 3.05) is 6.61 Å². The Morgan fingerprint density at radius 1 is 1.58 bits per heavy atom. The molecular formula is C3H9KNO6P. The predicted octanol–water partition coefficient (Wildman–Crippen LogP) is -4.77. The molecule has 1 atom stereocenters. The molecule has 5 N–H and O–H groups in total. The van der Waals surface area contributed by atoms with Gasteiger partial charge in [-0.2, -0.15) is 0 Å². The van der Waals surface area contributed by atoms with Crippen LogP contribution >= 0.6 is 7.75 Å². The minimum Gasteiger partial charge on any atom is -1.00 e. The fraction of sp³-hybridized carbons (Fsp3) is 0.667. The van der Waals surface area contributed by atoms with Gasteiger partial charge in [0.15, 0.2) is 0 Å². The number of nitrogens with one attached hydrogen (secondary N) is 1. The molecule has 0 spiro atoms. The molecule has 0 aliphatic heterocycles. The van der Waals surface area contributed by atoms with Gasteiger partial charge in [0.1, 0.15) is 6.04 Å². The van der Waals surface area contributed by atoms with Crippen molar-refractivity contribution in [1.82, 2.24) is 5.09 Å². The number of aliphatic hydroxyl groups is 1. The van der Waals surface area contributed by atoms with Gasteiger partial charge in [0, 0.05) is 0 Å². The SMILES string of the molecule is O=C(O)C(CO)NP(=O)(O)O.[H-].[K+]. The summed E-state index contributed by atoms with van der Waals surface area (Å²) in [5, 5.41) is 17.9. The molecule has 0 aromatic carbocycles. The zero-order chi connectivity index (χ0) is 9.07. The molecule has 0 aliphatic carbocycles. The number of rotatable bonds is 4. The largest absolute Gasteiger partial charge is 1.00 e. The molecule has 0 rings (SSSR count). The fourth-order valence-corrected chi connectivity index (χ4v) is 0.975. The first-order chi connectivity index (χ1) is 4.87. The van der Waals surface area contributed by atoms with E-state index in [1.165, 1.54) is 5.09 Å². The van der Waals surface area contributed by atoms with Gasteiger partial charge >= 0.3 is 65.1 Å². The van der Waals surface area contributed by atoms with Crippen LogP contribution in [0.25, 0.3) is 0 Å². The van der Waals surface area contributed by atoms with E-state index in [-0.39, 0.29) is 52.8 Å². The van der Waals surface area contributed by atoms with E-state index in [1.807, 2.05) is 0 Å². The first-order valence-corrected chi connectivity index (χ1v) is 4.15. The second kappa shape index (κ2) is 6.60. The first kappa shape index (κ1) is 15.6. The van der Waals surface area contributed by atoms with Crippen LogP contribution in [0.3, 0.4) is 0 Å². The van der Waals surface area contributed by atoms with Gasteiger partial charge in [0.05, 0.1) is 6.61 Å². The van der Waals surface area contributed by atoms with Crippen molar-refractivity contribution < 1.29 is 82.2 Å². The molecule has 7 nitrogen and oxygen atoms in total. The molecule has 0 fully saturated rings. The van der Waals surface area contributed by atoms with Crippen molar-refractivity contribution in [1.29, 1.82) is 0 Å². The zero-order valence-corrected chi connectivity index (χ0v) is 10.4. The third kappa shape index (κ3) is 7.81. The molecular weight excluding hydrogens is 216 g/mol. The van der Waals surface area contributed by atoms with E-state index in [0.717, 1.165) is 0 Å². The maximum atomic E-state index is 10.1. The van der Waals surface area contributed by atoms with Crippen molar-refractivity contribution in [3.05, 3.63) is 0 Å². The molecule has 0 saturated heterocycles. The number of hydrogen-bond donors (Lipinski definition) is 5. The molecule has 0 aliphatic rings. The summed E-state index contributed by atoms with van der Waals surface area (Å²) < 4.78 is 10.1. The Labute approximate surface area is 112 Å². The number of aliphatic hydroxyl groups excluding tert-OH is 1. The smallest absolute Gasteiger partial charge is 1.00 e. The van der Waals surface area contributed by atoms with Crippen LogP contribution in [0.5, 0.6) is 0 Å². The Hall–Kier alpha value is 1.18. The maximum Gasteiger partial charge on any atom is 1.00 e. The Balaban J connectivity index is -0.000000500. The van der Waals surface area contributed by atoms with Gasteiger partial charge in [-0.1, -0.05) is 0 Å². The van der Waals surface area contributed by atoms with E-state index in [0.29, 0.717) is 0 Å². The normalized spacial score (nSPS) is 13.2. The van der Waals surface area contributed by atoms with Crippen LogP contribution in [0.1, 0.15) is 1.43 Å². The molecule has 0 amide bonds. The van der Waals surface area contributed by atoms with E-state index in [9.17, 15) is 9.36 Å². The van der Waals surface area contributed by atoms with E-state index in [1.54, 1.807) is 0 Å². The van der Waals surface area contributed by atoms with Crippen molar-refractivity contribution in [2.24, 2.45) is 0 Å². The molecule has 0 bridgehead atoms. The number of carboxylic acid groups (broad SMARTS) is 1. The zero-order valence-electron chi connectivity index (χ0n) is 7.34. The molecule has 68 valence electrons. The number of carbonyl (C=O) groups is 1. The van der Waals surface area contributed by atoms with Gasteiger partial charge in [-0.25, -0.2) is 9.65 Å². The molecule has 1 unspecified atom stereocenters. The number of carboxylic acids is 1. The van der Waals surface area contributed by atoms with Crippen LogP contribution in [0.2, 0.25) is 0 Å². The van der Waals surface area contributed by atoms with Crippen molar-refractivity contribution in [3.63, 3.8) is 0 Å². The molecule has 0 aromatic heterocycles. The van der Waals surface area contributed by atoms with Crippen LogP contribution in [-0.2, 0) is 9.36 Å². The molecule has 0 radical (unpaired) electrons. The van der Waals surface area contributed by atoms with Crippen LogP contribution in [0.4, 0.5) is 0 Å². The third-order valence-corrected chi connectivity index (χ3v) is 1.45. The van der Waals surface area contributed by atoms with Gasteiger partial charge in [0.2, 0.25) is 0 Å². The Morgan fingerprint density at radius 3 is 2.08 bits per heavy atom. The van der Waals surface area contributed by atoms with Gasteiger partial charge in [-0.15, -0.1) is 0 Å². The maximum absolute atomic E-state index is 10.1. The van der Waals surface area contributed by atoms with Crippen molar-refractivity contribution >= 4 is 13.7 Å². The Kier molecular flexibility index (Phi) is 8.61. The van der Waals surface area contributed by atoms with Crippen LogP contribution in [0.15, 0.2) is 0 Å². The summed E-state index contributed by atoms with van der Waals surface area (Å²) in [6.45, 7) is -0.875. The Bertz CT molecular complexity index is 196.